The number of benzene rings is 1. The van der Waals surface area contributed by atoms with Crippen LogP contribution in [0.4, 0.5) is 0 Å². The Kier molecular flexibility index (Phi) is 7.06. The molecule has 0 N–H and O–H groups in total. The average Bonchev–Trinajstić information content (AvgIpc) is 2.55. The van der Waals surface area contributed by atoms with Gasteiger partial charge in [-0.2, -0.15) is 8.42 Å². The largest absolute Gasteiger partial charge is 0.497 e. The molecule has 0 aliphatic heterocycles. The number of hydrogen-bond donors (Lipinski definition) is 0. The zero-order valence-corrected chi connectivity index (χ0v) is 15.3. The molecule has 1 aliphatic carbocycles. The van der Waals surface area contributed by atoms with Crippen LogP contribution in [0.1, 0.15) is 43.2 Å². The molecular formula is C19H26O4S. The highest BCUT2D eigenvalue weighted by Gasteiger charge is 2.12. The summed E-state index contributed by atoms with van der Waals surface area (Å²) < 4.78 is 31.7. The van der Waals surface area contributed by atoms with Crippen molar-refractivity contribution in [2.45, 2.75) is 38.5 Å². The zero-order valence-electron chi connectivity index (χ0n) is 14.5. The molecule has 0 saturated carbocycles. The lowest BCUT2D eigenvalue weighted by Gasteiger charge is -2.18. The van der Waals surface area contributed by atoms with Gasteiger partial charge < -0.3 is 4.74 Å². The molecule has 0 bridgehead atoms. The highest BCUT2D eigenvalue weighted by atomic mass is 32.2. The average molecular weight is 350 g/mol. The Hall–Kier alpha value is -1.59. The molecule has 2 rings (SSSR count). The van der Waals surface area contributed by atoms with E-state index in [0.29, 0.717) is 0 Å². The fraction of sp³-hybridized carbons (Fsp3) is 0.474. The lowest BCUT2D eigenvalue weighted by molar-refractivity contribution is 0.317. The molecule has 0 spiro atoms. The van der Waals surface area contributed by atoms with Crippen molar-refractivity contribution in [2.24, 2.45) is 0 Å². The zero-order chi connectivity index (χ0) is 17.4. The fourth-order valence-corrected chi connectivity index (χ4v) is 3.27. The van der Waals surface area contributed by atoms with Gasteiger partial charge in [0.2, 0.25) is 0 Å². The summed E-state index contributed by atoms with van der Waals surface area (Å²) in [5.41, 5.74) is 4.12. The lowest BCUT2D eigenvalue weighted by Crippen LogP contribution is -2.03. The summed E-state index contributed by atoms with van der Waals surface area (Å²) in [5, 5.41) is 0. The predicted molar refractivity (Wildman–Crippen MR) is 97.7 cm³/mol. The smallest absolute Gasteiger partial charge is 0.264 e. The summed E-state index contributed by atoms with van der Waals surface area (Å²) in [5.74, 6) is 0.922. The summed E-state index contributed by atoms with van der Waals surface area (Å²) in [7, 11) is -1.61. The van der Waals surface area contributed by atoms with Crippen molar-refractivity contribution in [1.29, 1.82) is 0 Å². The molecule has 1 aromatic rings. The molecular weight excluding hydrogens is 324 g/mol. The van der Waals surface area contributed by atoms with Gasteiger partial charge in [0.15, 0.2) is 0 Å². The third-order valence-electron chi connectivity index (χ3n) is 4.02. The molecule has 4 nitrogen and oxygen atoms in total. The minimum absolute atomic E-state index is 0.254. The van der Waals surface area contributed by atoms with Gasteiger partial charge in [0.25, 0.3) is 10.1 Å². The number of hydrogen-bond acceptors (Lipinski definition) is 4. The summed E-state index contributed by atoms with van der Waals surface area (Å²) in [6.45, 7) is 0.254. The maximum Gasteiger partial charge on any atom is 0.264 e. The molecule has 5 heteroatoms. The quantitative estimate of drug-likeness (QED) is 0.382. The maximum absolute atomic E-state index is 10.8. The summed E-state index contributed by atoms with van der Waals surface area (Å²) in [6, 6.07) is 6.32. The van der Waals surface area contributed by atoms with Crippen molar-refractivity contribution in [2.75, 3.05) is 20.0 Å². The lowest BCUT2D eigenvalue weighted by atomic mass is 9.88. The first kappa shape index (κ1) is 18.7. The van der Waals surface area contributed by atoms with E-state index in [1.54, 1.807) is 7.11 Å². The van der Waals surface area contributed by atoms with E-state index >= 15 is 0 Å². The van der Waals surface area contributed by atoms with Crippen LogP contribution in [0.3, 0.4) is 0 Å². The van der Waals surface area contributed by atoms with E-state index in [4.69, 9.17) is 8.92 Å². The third-order valence-corrected chi connectivity index (χ3v) is 4.62. The standard InChI is InChI=1S/C19H26O4S/c1-22-18-12-13-19-16(10-8-11-17(19)15-18)9-6-4-3-5-7-14-23-24(2,20)21/h3-4,10,12-13,15H,5-9,11,14H2,1-2H3/b4-3+. The Morgan fingerprint density at radius 2 is 2.00 bits per heavy atom. The molecule has 0 saturated heterocycles. The van der Waals surface area contributed by atoms with E-state index in [2.05, 4.69) is 30.4 Å². The third kappa shape index (κ3) is 6.13. The van der Waals surface area contributed by atoms with E-state index in [9.17, 15) is 8.42 Å². The van der Waals surface area contributed by atoms with E-state index in [1.165, 1.54) is 16.7 Å². The van der Waals surface area contributed by atoms with Crippen LogP contribution in [-0.2, 0) is 20.7 Å². The first-order chi connectivity index (χ1) is 11.5. The van der Waals surface area contributed by atoms with E-state index in [-0.39, 0.29) is 6.61 Å². The first-order valence-corrected chi connectivity index (χ1v) is 10.2. The van der Waals surface area contributed by atoms with Crippen LogP contribution in [0.2, 0.25) is 0 Å². The second kappa shape index (κ2) is 9.04. The van der Waals surface area contributed by atoms with Gasteiger partial charge >= 0.3 is 0 Å². The summed E-state index contributed by atoms with van der Waals surface area (Å²) >= 11 is 0. The van der Waals surface area contributed by atoms with E-state index in [0.717, 1.165) is 50.5 Å². The van der Waals surface area contributed by atoms with E-state index < -0.39 is 10.1 Å². The van der Waals surface area contributed by atoms with Crippen molar-refractivity contribution in [1.82, 2.24) is 0 Å². The minimum atomic E-state index is -3.31. The molecule has 0 heterocycles. The number of allylic oxidation sites excluding steroid dienone is 4. The van der Waals surface area contributed by atoms with Gasteiger partial charge in [-0.3, -0.25) is 4.18 Å². The van der Waals surface area contributed by atoms with Crippen molar-refractivity contribution >= 4 is 15.7 Å². The van der Waals surface area contributed by atoms with Crippen LogP contribution in [0.5, 0.6) is 5.75 Å². The number of rotatable bonds is 9. The van der Waals surface area contributed by atoms with Crippen molar-refractivity contribution in [3.63, 3.8) is 0 Å². The Morgan fingerprint density at radius 1 is 1.21 bits per heavy atom. The second-order valence-electron chi connectivity index (χ2n) is 5.97. The first-order valence-electron chi connectivity index (χ1n) is 8.35. The van der Waals surface area contributed by atoms with Gasteiger partial charge in [-0.1, -0.05) is 24.3 Å². The summed E-state index contributed by atoms with van der Waals surface area (Å²) in [6.07, 6.45) is 13.4. The normalized spacial score (nSPS) is 14.5. The second-order valence-corrected chi connectivity index (χ2v) is 7.61. The van der Waals surface area contributed by atoms with Gasteiger partial charge in [-0.15, -0.1) is 0 Å². The van der Waals surface area contributed by atoms with Crippen molar-refractivity contribution in [3.8, 4) is 5.75 Å². The fourth-order valence-electron chi connectivity index (χ4n) is 2.85. The van der Waals surface area contributed by atoms with Crippen LogP contribution in [0.15, 0.2) is 36.4 Å². The molecule has 0 amide bonds. The predicted octanol–water partition coefficient (Wildman–Crippen LogP) is 4.12. The molecule has 1 aromatic carbocycles. The molecule has 0 fully saturated rings. The van der Waals surface area contributed by atoms with Crippen molar-refractivity contribution < 1.29 is 17.3 Å². The van der Waals surface area contributed by atoms with Crippen LogP contribution in [0, 0.1) is 0 Å². The van der Waals surface area contributed by atoms with Gasteiger partial charge in [0.1, 0.15) is 5.75 Å². The molecule has 0 aromatic heterocycles. The van der Waals surface area contributed by atoms with Crippen LogP contribution < -0.4 is 4.74 Å². The van der Waals surface area contributed by atoms with Gasteiger partial charge in [0, 0.05) is 0 Å². The van der Waals surface area contributed by atoms with Crippen LogP contribution in [0.25, 0.3) is 5.57 Å². The van der Waals surface area contributed by atoms with Crippen molar-refractivity contribution in [3.05, 3.63) is 47.6 Å². The number of fused-ring (bicyclic) bond motifs is 1. The summed E-state index contributed by atoms with van der Waals surface area (Å²) in [4.78, 5) is 0. The highest BCUT2D eigenvalue weighted by molar-refractivity contribution is 7.85. The highest BCUT2D eigenvalue weighted by Crippen LogP contribution is 2.32. The van der Waals surface area contributed by atoms with Crippen LogP contribution in [-0.4, -0.2) is 28.4 Å². The molecule has 0 unspecified atom stereocenters. The number of ether oxygens (including phenoxy) is 1. The molecule has 132 valence electrons. The molecule has 24 heavy (non-hydrogen) atoms. The van der Waals surface area contributed by atoms with Gasteiger partial charge in [0.05, 0.1) is 20.0 Å². The van der Waals surface area contributed by atoms with Gasteiger partial charge in [-0.25, -0.2) is 0 Å². The maximum atomic E-state index is 10.8. The van der Waals surface area contributed by atoms with E-state index in [1.807, 2.05) is 6.07 Å². The number of aryl methyl sites for hydroxylation is 1. The number of unbranched alkanes of at least 4 members (excludes halogenated alkanes) is 1. The van der Waals surface area contributed by atoms with Gasteiger partial charge in [-0.05, 0) is 67.4 Å². The minimum Gasteiger partial charge on any atom is -0.497 e. The Bertz CT molecular complexity index is 702. The Morgan fingerprint density at radius 3 is 2.75 bits per heavy atom. The van der Waals surface area contributed by atoms with Crippen LogP contribution >= 0.6 is 0 Å². The SMILES string of the molecule is COc1ccc2c(c1)CCC=C2CC/C=C/CCCOS(C)(=O)=O. The Labute approximate surface area is 145 Å². The molecule has 0 atom stereocenters. The monoisotopic (exact) mass is 350 g/mol. The number of methoxy groups -OCH3 is 1. The molecule has 1 aliphatic rings. The Balaban J connectivity index is 1.75. The molecule has 0 radical (unpaired) electrons. The topological polar surface area (TPSA) is 52.6 Å².